The Hall–Kier alpha value is -0.190. The van der Waals surface area contributed by atoms with Gasteiger partial charge in [0, 0.05) is 0 Å². The third-order valence-electron chi connectivity index (χ3n) is 0. The predicted octanol–water partition coefficient (Wildman–Crippen LogP) is 0.667. The molecule has 0 aromatic rings. The van der Waals surface area contributed by atoms with Crippen LogP contribution < -0.4 is 0 Å². The average Bonchev–Trinajstić information content (AvgIpc) is 1.39. The summed E-state index contributed by atoms with van der Waals surface area (Å²) in [5.74, 6) is 0. The van der Waals surface area contributed by atoms with Crippen LogP contribution in [0.1, 0.15) is 0 Å². The zero-order valence-corrected chi connectivity index (χ0v) is 6.54. The maximum atomic E-state index is 8.36. The van der Waals surface area contributed by atoms with Gasteiger partial charge in [-0.3, -0.25) is 9.59 Å². The normalized spacial score (nSPS) is 2.67. The predicted molar refractivity (Wildman–Crippen MR) is 39.1 cm³/mol. The summed E-state index contributed by atoms with van der Waals surface area (Å²) in [4.78, 5) is 16.7. The van der Waals surface area contributed by atoms with Gasteiger partial charge in [-0.05, 0) is 0 Å². The van der Waals surface area contributed by atoms with Gasteiger partial charge in [0.25, 0.3) is 12.9 Å². The van der Waals surface area contributed by atoms with Gasteiger partial charge < -0.3 is 10.2 Å². The van der Waals surface area contributed by atoms with Crippen molar-refractivity contribution in [2.75, 3.05) is 0 Å². The van der Waals surface area contributed by atoms with Gasteiger partial charge >= 0.3 is 0 Å². The molecule has 0 heterocycles. The van der Waals surface area contributed by atoms with E-state index in [1.54, 1.807) is 0 Å². The van der Waals surface area contributed by atoms with Gasteiger partial charge in [0.15, 0.2) is 0 Å². The standard InChI is InChI=1S/2CH2O2.3ClH/c2*2-1-3;;;/h2*1H,(H,2,3);3*1H. The molecule has 0 aromatic carbocycles. The van der Waals surface area contributed by atoms with Crippen molar-refractivity contribution in [2.45, 2.75) is 0 Å². The van der Waals surface area contributed by atoms with Crippen LogP contribution in [-0.2, 0) is 9.59 Å². The van der Waals surface area contributed by atoms with Crippen LogP contribution in [-0.4, -0.2) is 23.2 Å². The zero-order valence-electron chi connectivity index (χ0n) is 4.09. The maximum absolute atomic E-state index is 8.36. The van der Waals surface area contributed by atoms with Crippen molar-refractivity contribution in [3.8, 4) is 0 Å². The number of hydrogen-bond donors (Lipinski definition) is 2. The molecule has 9 heavy (non-hydrogen) atoms. The van der Waals surface area contributed by atoms with Crippen molar-refractivity contribution in [3.63, 3.8) is 0 Å². The highest BCUT2D eigenvalue weighted by molar-refractivity contribution is 5.86. The van der Waals surface area contributed by atoms with E-state index < -0.39 is 0 Å². The minimum atomic E-state index is -0.250. The molecule has 4 nitrogen and oxygen atoms in total. The topological polar surface area (TPSA) is 74.6 Å². The summed E-state index contributed by atoms with van der Waals surface area (Å²) in [5, 5.41) is 13.8. The lowest BCUT2D eigenvalue weighted by Gasteiger charge is -1.34. The van der Waals surface area contributed by atoms with E-state index in [0.717, 1.165) is 0 Å². The van der Waals surface area contributed by atoms with Crippen molar-refractivity contribution in [3.05, 3.63) is 0 Å². The third-order valence-corrected chi connectivity index (χ3v) is 0. The fourth-order valence-electron chi connectivity index (χ4n) is 0. The van der Waals surface area contributed by atoms with Gasteiger partial charge in [-0.25, -0.2) is 0 Å². The van der Waals surface area contributed by atoms with E-state index in [9.17, 15) is 0 Å². The van der Waals surface area contributed by atoms with E-state index in [1.807, 2.05) is 0 Å². The fraction of sp³-hybridized carbons (Fsp3) is 0. The Balaban J connectivity index is -0.00000000889. The summed E-state index contributed by atoms with van der Waals surface area (Å²) >= 11 is 0. The van der Waals surface area contributed by atoms with Gasteiger partial charge in [-0.2, -0.15) is 0 Å². The highest BCUT2D eigenvalue weighted by Gasteiger charge is 1.22. The molecular formula is C2H7Cl3O4. The van der Waals surface area contributed by atoms with Gasteiger partial charge in [-0.1, -0.05) is 0 Å². The van der Waals surface area contributed by atoms with Crippen LogP contribution in [0.3, 0.4) is 0 Å². The molecule has 0 aliphatic carbocycles. The maximum Gasteiger partial charge on any atom is 0.290 e. The lowest BCUT2D eigenvalue weighted by molar-refractivity contribution is -0.123. The molecule has 0 spiro atoms. The monoisotopic (exact) mass is 200 g/mol. The molecule has 0 saturated heterocycles. The molecule has 0 rings (SSSR count). The molecule has 7 heteroatoms. The summed E-state index contributed by atoms with van der Waals surface area (Å²) in [5.41, 5.74) is 0. The number of carbonyl (C=O) groups is 2. The molecule has 0 fully saturated rings. The van der Waals surface area contributed by atoms with Crippen LogP contribution in [0.15, 0.2) is 0 Å². The number of hydrogen-bond acceptors (Lipinski definition) is 2. The quantitative estimate of drug-likeness (QED) is 0.565. The first-order valence-corrected chi connectivity index (χ1v) is 0.988. The molecule has 60 valence electrons. The van der Waals surface area contributed by atoms with Crippen molar-refractivity contribution in [1.82, 2.24) is 0 Å². The van der Waals surface area contributed by atoms with Crippen LogP contribution >= 0.6 is 37.2 Å². The first kappa shape index (κ1) is 37.0. The summed E-state index contributed by atoms with van der Waals surface area (Å²) in [6.45, 7) is -0.500. The molecule has 0 unspecified atom stereocenters. The summed E-state index contributed by atoms with van der Waals surface area (Å²) in [6.07, 6.45) is 0. The highest BCUT2D eigenvalue weighted by atomic mass is 35.5. The molecular weight excluding hydrogens is 194 g/mol. The Bertz CT molecular complexity index is 34.8. The Labute approximate surface area is 70.5 Å². The van der Waals surface area contributed by atoms with Crippen LogP contribution in [0, 0.1) is 0 Å². The minimum absolute atomic E-state index is 0. The Kier molecular flexibility index (Phi) is 455. The van der Waals surface area contributed by atoms with E-state index in [0.29, 0.717) is 0 Å². The molecule has 0 amide bonds. The van der Waals surface area contributed by atoms with E-state index in [4.69, 9.17) is 19.8 Å². The number of carboxylic acid groups (broad SMARTS) is 2. The second-order valence-electron chi connectivity index (χ2n) is 0.211. The fourth-order valence-corrected chi connectivity index (χ4v) is 0. The molecule has 0 atom stereocenters. The minimum Gasteiger partial charge on any atom is -0.483 e. The highest BCUT2D eigenvalue weighted by Crippen LogP contribution is 0.969. The van der Waals surface area contributed by atoms with Gasteiger partial charge in [0.2, 0.25) is 0 Å². The first-order valence-electron chi connectivity index (χ1n) is 0.988. The second kappa shape index (κ2) is 111. The second-order valence-corrected chi connectivity index (χ2v) is 0.211. The molecule has 0 bridgehead atoms. The summed E-state index contributed by atoms with van der Waals surface area (Å²) in [7, 11) is 0. The van der Waals surface area contributed by atoms with Crippen molar-refractivity contribution in [2.24, 2.45) is 0 Å². The Morgan fingerprint density at radius 2 is 0.778 bits per heavy atom. The molecule has 0 aliphatic rings. The molecule has 0 saturated carbocycles. The molecule has 0 aliphatic heterocycles. The molecule has 0 radical (unpaired) electrons. The lowest BCUT2D eigenvalue weighted by Crippen LogP contribution is -1.49. The zero-order chi connectivity index (χ0) is 5.41. The molecule has 0 aromatic heterocycles. The lowest BCUT2D eigenvalue weighted by atomic mass is 11.7. The van der Waals surface area contributed by atoms with E-state index in [1.165, 1.54) is 0 Å². The average molecular weight is 201 g/mol. The smallest absolute Gasteiger partial charge is 0.290 e. The van der Waals surface area contributed by atoms with Crippen LogP contribution in [0.25, 0.3) is 0 Å². The van der Waals surface area contributed by atoms with Gasteiger partial charge in [-0.15, -0.1) is 37.2 Å². The first-order chi connectivity index (χ1) is 2.83. The number of rotatable bonds is 0. The third kappa shape index (κ3) is 7300. The van der Waals surface area contributed by atoms with Crippen LogP contribution in [0.5, 0.6) is 0 Å². The van der Waals surface area contributed by atoms with Crippen molar-refractivity contribution < 1.29 is 19.8 Å². The number of halogens is 3. The van der Waals surface area contributed by atoms with E-state index >= 15 is 0 Å². The van der Waals surface area contributed by atoms with Crippen LogP contribution in [0.2, 0.25) is 0 Å². The largest absolute Gasteiger partial charge is 0.483 e. The van der Waals surface area contributed by atoms with Gasteiger partial charge in [0.05, 0.1) is 0 Å². The Morgan fingerprint density at radius 3 is 0.778 bits per heavy atom. The van der Waals surface area contributed by atoms with E-state index in [2.05, 4.69) is 0 Å². The van der Waals surface area contributed by atoms with Crippen molar-refractivity contribution in [1.29, 1.82) is 0 Å². The van der Waals surface area contributed by atoms with Crippen LogP contribution in [0.4, 0.5) is 0 Å². The summed E-state index contributed by atoms with van der Waals surface area (Å²) < 4.78 is 0. The summed E-state index contributed by atoms with van der Waals surface area (Å²) in [6, 6.07) is 0. The SMILES string of the molecule is Cl.Cl.Cl.O=CO.O=CO. The Morgan fingerprint density at radius 1 is 0.778 bits per heavy atom. The van der Waals surface area contributed by atoms with Gasteiger partial charge in [0.1, 0.15) is 0 Å². The van der Waals surface area contributed by atoms with E-state index in [-0.39, 0.29) is 50.2 Å². The van der Waals surface area contributed by atoms with Crippen molar-refractivity contribution >= 4 is 50.2 Å². The molecule has 2 N–H and O–H groups in total.